The van der Waals surface area contributed by atoms with E-state index in [2.05, 4.69) is 21.2 Å². The third-order valence-electron chi connectivity index (χ3n) is 2.80. The van der Waals surface area contributed by atoms with Crippen molar-refractivity contribution in [1.82, 2.24) is 5.32 Å². The average Bonchev–Trinajstić information content (AvgIpc) is 2.30. The summed E-state index contributed by atoms with van der Waals surface area (Å²) >= 11 is 3.25. The van der Waals surface area contributed by atoms with Crippen LogP contribution in [0.5, 0.6) is 0 Å². The number of carbonyl (C=O) groups excluding carboxylic acids is 1. The highest BCUT2D eigenvalue weighted by atomic mass is 79.9. The molecule has 0 saturated carbocycles. The Labute approximate surface area is 115 Å². The maximum absolute atomic E-state index is 13.4. The van der Waals surface area contributed by atoms with Crippen molar-refractivity contribution in [1.29, 1.82) is 0 Å². The molecule has 0 saturated heterocycles. The van der Waals surface area contributed by atoms with Gasteiger partial charge >= 0.3 is 0 Å². The van der Waals surface area contributed by atoms with Gasteiger partial charge in [0.1, 0.15) is 5.82 Å². The lowest BCUT2D eigenvalue weighted by Crippen LogP contribution is -2.35. The van der Waals surface area contributed by atoms with Crippen molar-refractivity contribution >= 4 is 21.8 Å². The lowest BCUT2D eigenvalue weighted by atomic mass is 9.96. The van der Waals surface area contributed by atoms with E-state index in [-0.39, 0.29) is 30.8 Å². The van der Waals surface area contributed by atoms with Crippen LogP contribution in [0.4, 0.5) is 4.39 Å². The van der Waals surface area contributed by atoms with Gasteiger partial charge in [-0.3, -0.25) is 4.79 Å². The summed E-state index contributed by atoms with van der Waals surface area (Å²) in [4.78, 5) is 11.8. The van der Waals surface area contributed by atoms with Crippen LogP contribution in [0, 0.1) is 17.7 Å². The van der Waals surface area contributed by atoms with Crippen LogP contribution < -0.4 is 5.32 Å². The smallest absolute Gasteiger partial charge is 0.225 e. The van der Waals surface area contributed by atoms with Gasteiger partial charge in [-0.2, -0.15) is 0 Å². The molecule has 0 aliphatic rings. The third kappa shape index (κ3) is 4.07. The van der Waals surface area contributed by atoms with Crippen molar-refractivity contribution in [2.24, 2.45) is 11.8 Å². The molecule has 0 heterocycles. The van der Waals surface area contributed by atoms with Gasteiger partial charge in [0, 0.05) is 16.6 Å². The topological polar surface area (TPSA) is 49.3 Å². The molecular formula is C13H17BrFNO2. The number of hydrogen-bond acceptors (Lipinski definition) is 2. The molecule has 0 radical (unpaired) electrons. The molecule has 1 rings (SSSR count). The highest BCUT2D eigenvalue weighted by molar-refractivity contribution is 9.10. The lowest BCUT2D eigenvalue weighted by molar-refractivity contribution is -0.127. The van der Waals surface area contributed by atoms with E-state index in [4.69, 9.17) is 5.11 Å². The second-order valence-electron chi connectivity index (χ2n) is 4.49. The molecule has 100 valence electrons. The number of rotatable bonds is 5. The summed E-state index contributed by atoms with van der Waals surface area (Å²) in [5.74, 6) is -1.03. The minimum Gasteiger partial charge on any atom is -0.396 e. The van der Waals surface area contributed by atoms with Gasteiger partial charge in [-0.15, -0.1) is 0 Å². The summed E-state index contributed by atoms with van der Waals surface area (Å²) in [6, 6.07) is 4.57. The van der Waals surface area contributed by atoms with Crippen molar-refractivity contribution in [2.45, 2.75) is 20.4 Å². The molecule has 0 aromatic heterocycles. The average molecular weight is 318 g/mol. The molecule has 5 heteroatoms. The fraction of sp³-hybridized carbons (Fsp3) is 0.462. The Morgan fingerprint density at radius 1 is 1.50 bits per heavy atom. The quantitative estimate of drug-likeness (QED) is 0.876. The van der Waals surface area contributed by atoms with Crippen LogP contribution in [0.2, 0.25) is 0 Å². The number of benzene rings is 1. The van der Waals surface area contributed by atoms with E-state index in [0.29, 0.717) is 5.56 Å². The summed E-state index contributed by atoms with van der Waals surface area (Å²) in [5.41, 5.74) is 0.415. The number of carbonyl (C=O) groups is 1. The van der Waals surface area contributed by atoms with E-state index < -0.39 is 5.92 Å². The van der Waals surface area contributed by atoms with E-state index >= 15 is 0 Å². The largest absolute Gasteiger partial charge is 0.396 e. The number of nitrogens with one attached hydrogen (secondary N) is 1. The first-order valence-electron chi connectivity index (χ1n) is 5.78. The van der Waals surface area contributed by atoms with Crippen molar-refractivity contribution in [3.8, 4) is 0 Å². The zero-order valence-electron chi connectivity index (χ0n) is 10.4. The van der Waals surface area contributed by atoms with Crippen molar-refractivity contribution in [3.05, 3.63) is 34.1 Å². The Bertz CT molecular complexity index is 423. The summed E-state index contributed by atoms with van der Waals surface area (Å²) in [5, 5.41) is 11.8. The highest BCUT2D eigenvalue weighted by Gasteiger charge is 2.21. The van der Waals surface area contributed by atoms with E-state index in [9.17, 15) is 9.18 Å². The minimum atomic E-state index is -0.458. The second kappa shape index (κ2) is 6.85. The standard InChI is InChI=1S/C13H17BrFNO2/c1-8(2)11(7-17)13(18)16-6-9-5-10(14)3-4-12(9)15/h3-5,8,11,17H,6-7H2,1-2H3,(H,16,18). The predicted molar refractivity (Wildman–Crippen MR) is 71.4 cm³/mol. The molecule has 0 bridgehead atoms. The molecule has 2 N–H and O–H groups in total. The van der Waals surface area contributed by atoms with Gasteiger partial charge in [0.2, 0.25) is 5.91 Å². The fourth-order valence-corrected chi connectivity index (χ4v) is 2.00. The molecular weight excluding hydrogens is 301 g/mol. The zero-order valence-corrected chi connectivity index (χ0v) is 12.0. The van der Waals surface area contributed by atoms with Crippen LogP contribution in [-0.4, -0.2) is 17.6 Å². The van der Waals surface area contributed by atoms with Crippen LogP contribution in [0.1, 0.15) is 19.4 Å². The van der Waals surface area contributed by atoms with Gasteiger partial charge in [0.05, 0.1) is 12.5 Å². The van der Waals surface area contributed by atoms with Gasteiger partial charge in [-0.05, 0) is 24.1 Å². The SMILES string of the molecule is CC(C)C(CO)C(=O)NCc1cc(Br)ccc1F. The number of halogens is 2. The van der Waals surface area contributed by atoms with Gasteiger partial charge in [-0.1, -0.05) is 29.8 Å². The Hall–Kier alpha value is -0.940. The maximum atomic E-state index is 13.4. The molecule has 1 unspecified atom stereocenters. The molecule has 1 aromatic carbocycles. The molecule has 18 heavy (non-hydrogen) atoms. The van der Waals surface area contributed by atoms with Gasteiger partial charge in [0.15, 0.2) is 0 Å². The van der Waals surface area contributed by atoms with Crippen LogP contribution in [0.25, 0.3) is 0 Å². The van der Waals surface area contributed by atoms with E-state index in [1.807, 2.05) is 13.8 Å². The van der Waals surface area contributed by atoms with Gasteiger partial charge < -0.3 is 10.4 Å². The maximum Gasteiger partial charge on any atom is 0.225 e. The highest BCUT2D eigenvalue weighted by Crippen LogP contribution is 2.16. The minimum absolute atomic E-state index is 0.0438. The normalized spacial score (nSPS) is 12.6. The summed E-state index contributed by atoms with van der Waals surface area (Å²) < 4.78 is 14.2. The predicted octanol–water partition coefficient (Wildman–Crippen LogP) is 2.47. The van der Waals surface area contributed by atoms with E-state index in [0.717, 1.165) is 4.47 Å². The van der Waals surface area contributed by atoms with Crippen molar-refractivity contribution in [2.75, 3.05) is 6.61 Å². The third-order valence-corrected chi connectivity index (χ3v) is 3.29. The van der Waals surface area contributed by atoms with Crippen LogP contribution in [-0.2, 0) is 11.3 Å². The monoisotopic (exact) mass is 317 g/mol. The number of hydrogen-bond donors (Lipinski definition) is 2. The molecule has 3 nitrogen and oxygen atoms in total. The van der Waals surface area contributed by atoms with Gasteiger partial charge in [0.25, 0.3) is 0 Å². The van der Waals surface area contributed by atoms with Crippen LogP contribution in [0.3, 0.4) is 0 Å². The summed E-state index contributed by atoms with van der Waals surface area (Å²) in [6.45, 7) is 3.64. The van der Waals surface area contributed by atoms with E-state index in [1.54, 1.807) is 12.1 Å². The Balaban J connectivity index is 2.64. The Morgan fingerprint density at radius 2 is 2.17 bits per heavy atom. The molecule has 1 atom stereocenters. The van der Waals surface area contributed by atoms with Crippen LogP contribution in [0.15, 0.2) is 22.7 Å². The van der Waals surface area contributed by atoms with Gasteiger partial charge in [-0.25, -0.2) is 4.39 Å². The number of aliphatic hydroxyl groups is 1. The molecule has 0 aliphatic carbocycles. The van der Waals surface area contributed by atoms with Crippen molar-refractivity contribution < 1.29 is 14.3 Å². The molecule has 0 fully saturated rings. The summed E-state index contributed by atoms with van der Waals surface area (Å²) in [6.07, 6.45) is 0. The molecule has 0 aliphatic heterocycles. The zero-order chi connectivity index (χ0) is 13.7. The summed E-state index contributed by atoms with van der Waals surface area (Å²) in [7, 11) is 0. The number of aliphatic hydroxyl groups excluding tert-OH is 1. The second-order valence-corrected chi connectivity index (χ2v) is 5.40. The molecule has 0 spiro atoms. The Morgan fingerprint density at radius 3 is 2.72 bits per heavy atom. The van der Waals surface area contributed by atoms with Crippen molar-refractivity contribution in [3.63, 3.8) is 0 Å². The lowest BCUT2D eigenvalue weighted by Gasteiger charge is -2.17. The first-order chi connectivity index (χ1) is 8.45. The van der Waals surface area contributed by atoms with Crippen LogP contribution >= 0.6 is 15.9 Å². The molecule has 1 amide bonds. The van der Waals surface area contributed by atoms with E-state index in [1.165, 1.54) is 6.07 Å². The number of amides is 1. The Kier molecular flexibility index (Phi) is 5.75. The fourth-order valence-electron chi connectivity index (χ4n) is 1.59. The molecule has 1 aromatic rings. The first kappa shape index (κ1) is 15.1. The first-order valence-corrected chi connectivity index (χ1v) is 6.57.